The molecule has 27 heavy (non-hydrogen) atoms. The van der Waals surface area contributed by atoms with Gasteiger partial charge in [-0.2, -0.15) is 10.2 Å². The van der Waals surface area contributed by atoms with Gasteiger partial charge in [0.05, 0.1) is 9.85 Å². The summed E-state index contributed by atoms with van der Waals surface area (Å²) in [7, 11) is 2.86. The van der Waals surface area contributed by atoms with Crippen LogP contribution in [0.25, 0.3) is 0 Å². The Morgan fingerprint density at radius 2 is 1.44 bits per heavy atom. The number of nitro groups is 2. The molecule has 1 N–H and O–H groups in total. The van der Waals surface area contributed by atoms with Crippen molar-refractivity contribution in [2.45, 2.75) is 6.42 Å². The number of hydrogen-bond acceptors (Lipinski definition) is 8. The minimum Gasteiger partial charge on any atom is -0.476 e. The molecule has 0 atom stereocenters. The van der Waals surface area contributed by atoms with Crippen LogP contribution in [0.4, 0.5) is 11.4 Å². The van der Waals surface area contributed by atoms with Gasteiger partial charge in [0.1, 0.15) is 12.4 Å². The van der Waals surface area contributed by atoms with E-state index in [2.05, 4.69) is 10.2 Å². The van der Waals surface area contributed by atoms with Crippen molar-refractivity contribution in [1.29, 1.82) is 0 Å². The molecule has 0 spiro atoms. The predicted molar refractivity (Wildman–Crippen MR) is 87.2 cm³/mol. The third-order valence-electron chi connectivity index (χ3n) is 3.78. The molecule has 0 aliphatic carbocycles. The minimum absolute atomic E-state index is 0.0553. The number of carboxylic acid groups (broad SMARTS) is 1. The van der Waals surface area contributed by atoms with Gasteiger partial charge in [0, 0.05) is 27.2 Å². The molecule has 1 saturated heterocycles. The van der Waals surface area contributed by atoms with E-state index in [1.54, 1.807) is 4.90 Å². The van der Waals surface area contributed by atoms with Crippen molar-refractivity contribution in [1.82, 2.24) is 24.5 Å². The van der Waals surface area contributed by atoms with Gasteiger partial charge in [-0.15, -0.1) is 0 Å². The number of nitrogens with zero attached hydrogens (tertiary/aromatic N) is 7. The van der Waals surface area contributed by atoms with Crippen molar-refractivity contribution in [2.75, 3.05) is 13.1 Å². The van der Waals surface area contributed by atoms with Crippen LogP contribution < -0.4 is 0 Å². The normalized spacial score (nSPS) is 12.6. The van der Waals surface area contributed by atoms with Gasteiger partial charge in [0.15, 0.2) is 0 Å². The molecule has 0 unspecified atom stereocenters. The lowest BCUT2D eigenvalue weighted by atomic mass is 10.2. The van der Waals surface area contributed by atoms with Gasteiger partial charge in [-0.25, -0.2) is 4.79 Å². The summed E-state index contributed by atoms with van der Waals surface area (Å²) in [5.74, 6) is -1.67. The molecular formula is C13H15N7O7. The number of likely N-dealkylation sites (tertiary alicyclic amines) is 1. The summed E-state index contributed by atoms with van der Waals surface area (Å²) in [6.45, 7) is 1.34. The first-order valence-electron chi connectivity index (χ1n) is 7.50. The number of aryl methyl sites for hydroxylation is 2. The fourth-order valence-corrected chi connectivity index (χ4v) is 2.28. The molecule has 2 aromatic rings. The third kappa shape index (κ3) is 3.88. The Balaban J connectivity index is 0.000000199. The zero-order chi connectivity index (χ0) is 20.3. The lowest BCUT2D eigenvalue weighted by molar-refractivity contribution is -0.385. The third-order valence-corrected chi connectivity index (χ3v) is 3.78. The van der Waals surface area contributed by atoms with E-state index in [1.165, 1.54) is 18.8 Å². The average Bonchev–Trinajstić information content (AvgIpc) is 3.09. The highest BCUT2D eigenvalue weighted by Crippen LogP contribution is 2.21. The average molecular weight is 381 g/mol. The Hall–Kier alpha value is -3.84. The van der Waals surface area contributed by atoms with E-state index in [9.17, 15) is 29.8 Å². The van der Waals surface area contributed by atoms with Crippen molar-refractivity contribution < 1.29 is 24.5 Å². The van der Waals surface area contributed by atoms with Crippen LogP contribution in [0, 0.1) is 20.2 Å². The zero-order valence-electron chi connectivity index (χ0n) is 14.3. The first-order valence-corrected chi connectivity index (χ1v) is 7.50. The number of hydrogen-bond donors (Lipinski definition) is 1. The molecular weight excluding hydrogens is 366 g/mol. The molecule has 0 saturated carbocycles. The summed E-state index contributed by atoms with van der Waals surface area (Å²) in [4.78, 5) is 43.3. The van der Waals surface area contributed by atoms with Crippen molar-refractivity contribution in [3.8, 4) is 0 Å². The fraction of sp³-hybridized carbons (Fsp3) is 0.385. The second-order valence-electron chi connectivity index (χ2n) is 5.47. The molecule has 1 amide bonds. The highest BCUT2D eigenvalue weighted by atomic mass is 16.6. The van der Waals surface area contributed by atoms with Crippen LogP contribution in [-0.2, 0) is 14.1 Å². The Labute approximate surface area is 150 Å². The molecule has 0 aromatic carbocycles. The molecule has 14 nitrogen and oxygen atoms in total. The second-order valence-corrected chi connectivity index (χ2v) is 5.47. The number of carboxylic acids is 1. The number of carbonyl (C=O) groups is 2. The summed E-state index contributed by atoms with van der Waals surface area (Å²) in [6.07, 6.45) is 2.97. The quantitative estimate of drug-likeness (QED) is 0.571. The lowest BCUT2D eigenvalue weighted by Gasteiger charge is -2.30. The minimum atomic E-state index is -1.36. The summed E-state index contributed by atoms with van der Waals surface area (Å²) in [6, 6.07) is 0. The standard InChI is InChI=1S/C8H10N4O3.C5H5N3O4/c1-10-7(6(5-9-10)12(14)15)8(13)11-3-2-4-11;1-7-4(5(9)10)3(2-6-7)8(11)12/h5H,2-4H2,1H3;2H,1H3,(H,9,10). The Kier molecular flexibility index (Phi) is 5.48. The van der Waals surface area contributed by atoms with Gasteiger partial charge in [-0.3, -0.25) is 34.4 Å². The van der Waals surface area contributed by atoms with E-state index in [4.69, 9.17) is 5.11 Å². The van der Waals surface area contributed by atoms with Crippen LogP contribution in [-0.4, -0.2) is 64.4 Å². The van der Waals surface area contributed by atoms with Gasteiger partial charge >= 0.3 is 17.3 Å². The van der Waals surface area contributed by atoms with Crippen molar-refractivity contribution in [3.05, 3.63) is 44.0 Å². The highest BCUT2D eigenvalue weighted by molar-refractivity contribution is 5.96. The van der Waals surface area contributed by atoms with Crippen LogP contribution in [0.15, 0.2) is 12.4 Å². The van der Waals surface area contributed by atoms with Gasteiger partial charge in [0.2, 0.25) is 11.4 Å². The molecule has 0 bridgehead atoms. The molecule has 3 rings (SSSR count). The van der Waals surface area contributed by atoms with Gasteiger partial charge < -0.3 is 10.0 Å². The maximum Gasteiger partial charge on any atom is 0.361 e. The molecule has 1 aliphatic heterocycles. The summed E-state index contributed by atoms with van der Waals surface area (Å²) < 4.78 is 2.19. The molecule has 14 heteroatoms. The summed E-state index contributed by atoms with van der Waals surface area (Å²) in [5.41, 5.74) is -1.08. The van der Waals surface area contributed by atoms with Crippen LogP contribution in [0.1, 0.15) is 27.4 Å². The summed E-state index contributed by atoms with van der Waals surface area (Å²) >= 11 is 0. The number of aromatic carboxylic acids is 1. The fourth-order valence-electron chi connectivity index (χ4n) is 2.28. The Morgan fingerprint density at radius 1 is 1.00 bits per heavy atom. The van der Waals surface area contributed by atoms with E-state index in [1.807, 2.05) is 0 Å². The largest absolute Gasteiger partial charge is 0.476 e. The molecule has 3 heterocycles. The number of rotatable bonds is 4. The Morgan fingerprint density at radius 3 is 1.78 bits per heavy atom. The molecule has 1 aliphatic rings. The molecule has 144 valence electrons. The van der Waals surface area contributed by atoms with E-state index in [0.29, 0.717) is 13.1 Å². The SMILES string of the molecule is Cn1ncc([N+](=O)[O-])c1C(=O)N1CCC1.Cn1ncc([N+](=O)[O-])c1C(=O)O. The lowest BCUT2D eigenvalue weighted by Crippen LogP contribution is -2.42. The van der Waals surface area contributed by atoms with E-state index < -0.39 is 27.2 Å². The first-order chi connectivity index (χ1) is 12.6. The van der Waals surface area contributed by atoms with Crippen molar-refractivity contribution >= 4 is 23.3 Å². The number of amides is 1. The van der Waals surface area contributed by atoms with Gasteiger partial charge in [-0.1, -0.05) is 0 Å². The van der Waals surface area contributed by atoms with E-state index in [0.717, 1.165) is 23.5 Å². The maximum atomic E-state index is 11.8. The zero-order valence-corrected chi connectivity index (χ0v) is 14.3. The van der Waals surface area contributed by atoms with Crippen molar-refractivity contribution in [3.63, 3.8) is 0 Å². The molecule has 0 radical (unpaired) electrons. The Bertz CT molecular complexity index is 912. The highest BCUT2D eigenvalue weighted by Gasteiger charge is 2.31. The topological polar surface area (TPSA) is 180 Å². The van der Waals surface area contributed by atoms with E-state index in [-0.39, 0.29) is 17.3 Å². The summed E-state index contributed by atoms with van der Waals surface area (Å²) in [5, 5.41) is 36.6. The number of carbonyl (C=O) groups excluding carboxylic acids is 1. The monoisotopic (exact) mass is 381 g/mol. The molecule has 1 fully saturated rings. The number of aromatic nitrogens is 4. The second kappa shape index (κ2) is 7.59. The molecule has 2 aromatic heterocycles. The van der Waals surface area contributed by atoms with Gasteiger partial charge in [0.25, 0.3) is 5.91 Å². The predicted octanol–water partition coefficient (Wildman–Crippen LogP) is 0.201. The van der Waals surface area contributed by atoms with Crippen LogP contribution >= 0.6 is 0 Å². The smallest absolute Gasteiger partial charge is 0.361 e. The maximum absolute atomic E-state index is 11.8. The van der Waals surface area contributed by atoms with Gasteiger partial charge in [-0.05, 0) is 6.42 Å². The van der Waals surface area contributed by atoms with Crippen molar-refractivity contribution in [2.24, 2.45) is 14.1 Å². The van der Waals surface area contributed by atoms with Crippen LogP contribution in [0.3, 0.4) is 0 Å². The van der Waals surface area contributed by atoms with Crippen LogP contribution in [0.2, 0.25) is 0 Å². The van der Waals surface area contributed by atoms with E-state index >= 15 is 0 Å². The van der Waals surface area contributed by atoms with Crippen LogP contribution in [0.5, 0.6) is 0 Å². The first kappa shape index (κ1) is 19.5.